The lowest BCUT2D eigenvalue weighted by molar-refractivity contribution is -0.159. The minimum absolute atomic E-state index is 0.193. The highest BCUT2D eigenvalue weighted by Crippen LogP contribution is 2.28. The molecule has 2 aromatic carbocycles. The molecule has 0 bridgehead atoms. The van der Waals surface area contributed by atoms with Crippen LogP contribution in [0.5, 0.6) is 11.5 Å². The van der Waals surface area contributed by atoms with Crippen molar-refractivity contribution in [3.8, 4) is 11.5 Å². The van der Waals surface area contributed by atoms with Crippen LogP contribution in [-0.4, -0.2) is 44.5 Å². The Morgan fingerprint density at radius 1 is 0.536 bits per heavy atom. The summed E-state index contributed by atoms with van der Waals surface area (Å²) in [6, 6.07) is 11.1. The fourth-order valence-electron chi connectivity index (χ4n) is 6.60. The molecule has 0 heterocycles. The lowest BCUT2D eigenvalue weighted by Gasteiger charge is -2.13. The first-order valence-corrected chi connectivity index (χ1v) is 21.9. The van der Waals surface area contributed by atoms with Crippen LogP contribution in [0.15, 0.2) is 48.5 Å². The van der Waals surface area contributed by atoms with Crippen molar-refractivity contribution in [1.29, 1.82) is 0 Å². The molecule has 0 atom stereocenters. The van der Waals surface area contributed by atoms with E-state index >= 15 is 0 Å². The number of ether oxygens (including phenoxy) is 4. The highest BCUT2D eigenvalue weighted by Gasteiger charge is 2.27. The molecule has 0 radical (unpaired) electrons. The quantitative estimate of drug-likeness (QED) is 0.0227. The summed E-state index contributed by atoms with van der Waals surface area (Å²) in [5.74, 6) is -2.55. The maximum Gasteiger partial charge on any atom is 0.343 e. The second kappa shape index (κ2) is 32.2. The van der Waals surface area contributed by atoms with Gasteiger partial charge >= 0.3 is 17.9 Å². The highest BCUT2D eigenvalue weighted by atomic mass is 16.6. The second-order valence-electron chi connectivity index (χ2n) is 15.0. The predicted octanol–water partition coefficient (Wildman–Crippen LogP) is 12.8. The average molecular weight is 777 g/mol. The van der Waals surface area contributed by atoms with Gasteiger partial charge in [0.05, 0.1) is 25.9 Å². The minimum atomic E-state index is -1.18. The predicted molar refractivity (Wildman–Crippen MR) is 226 cm³/mol. The molecular formula is C48H72O8. The molecule has 0 aliphatic heterocycles. The van der Waals surface area contributed by atoms with E-state index in [9.17, 15) is 19.2 Å². The maximum absolute atomic E-state index is 13.2. The molecule has 2 aromatic rings. The Morgan fingerprint density at radius 2 is 0.946 bits per heavy atom. The van der Waals surface area contributed by atoms with Crippen molar-refractivity contribution in [3.63, 3.8) is 0 Å². The van der Waals surface area contributed by atoms with Gasteiger partial charge in [-0.15, -0.1) is 0 Å². The van der Waals surface area contributed by atoms with E-state index in [0.29, 0.717) is 23.0 Å². The molecule has 2 rings (SSSR count). The lowest BCUT2D eigenvalue weighted by Crippen LogP contribution is -2.27. The van der Waals surface area contributed by atoms with Gasteiger partial charge in [0.2, 0.25) is 0 Å². The largest absolute Gasteiger partial charge is 0.493 e. The van der Waals surface area contributed by atoms with Crippen molar-refractivity contribution < 1.29 is 38.1 Å². The SMILES string of the molecule is CCCCCCCCCCCCCCOC(=O)C(/C=C/c1ccc(C(=O)Oc2ccc(C=O)cc2OC)cc1)C(=O)OCCCCCCCCCCCCCC. The van der Waals surface area contributed by atoms with Gasteiger partial charge in [0, 0.05) is 5.56 Å². The van der Waals surface area contributed by atoms with Gasteiger partial charge in [-0.05, 0) is 48.7 Å². The highest BCUT2D eigenvalue weighted by molar-refractivity contribution is 5.98. The zero-order valence-electron chi connectivity index (χ0n) is 35.0. The molecule has 0 N–H and O–H groups in total. The van der Waals surface area contributed by atoms with Gasteiger partial charge in [0.1, 0.15) is 6.29 Å². The fraction of sp³-hybridized carbons (Fsp3) is 0.625. The van der Waals surface area contributed by atoms with Gasteiger partial charge in [-0.1, -0.05) is 179 Å². The van der Waals surface area contributed by atoms with Crippen molar-refractivity contribution in [2.24, 2.45) is 5.92 Å². The molecule has 8 heteroatoms. The van der Waals surface area contributed by atoms with E-state index < -0.39 is 23.8 Å². The van der Waals surface area contributed by atoms with E-state index in [1.807, 2.05) is 0 Å². The Bertz CT molecular complexity index is 1340. The third-order valence-corrected chi connectivity index (χ3v) is 10.1. The van der Waals surface area contributed by atoms with Crippen LogP contribution in [0.4, 0.5) is 0 Å². The topological polar surface area (TPSA) is 105 Å². The van der Waals surface area contributed by atoms with E-state index in [-0.39, 0.29) is 24.7 Å². The lowest BCUT2D eigenvalue weighted by atomic mass is 10.1. The molecule has 0 unspecified atom stereocenters. The number of rotatable bonds is 34. The van der Waals surface area contributed by atoms with E-state index in [1.165, 1.54) is 147 Å². The van der Waals surface area contributed by atoms with Gasteiger partial charge in [-0.25, -0.2) is 4.79 Å². The molecule has 312 valence electrons. The first-order valence-electron chi connectivity index (χ1n) is 21.9. The first-order chi connectivity index (χ1) is 27.4. The van der Waals surface area contributed by atoms with E-state index in [0.717, 1.165) is 38.5 Å². The minimum Gasteiger partial charge on any atom is -0.493 e. The van der Waals surface area contributed by atoms with Crippen LogP contribution < -0.4 is 9.47 Å². The van der Waals surface area contributed by atoms with E-state index in [1.54, 1.807) is 30.3 Å². The zero-order chi connectivity index (χ0) is 40.5. The van der Waals surface area contributed by atoms with Gasteiger partial charge in [-0.2, -0.15) is 0 Å². The van der Waals surface area contributed by atoms with E-state index in [4.69, 9.17) is 18.9 Å². The Labute approximate surface area is 338 Å². The van der Waals surface area contributed by atoms with Crippen LogP contribution in [0.1, 0.15) is 194 Å². The number of carbonyl (C=O) groups excluding carboxylic acids is 4. The molecule has 0 aliphatic carbocycles. The number of esters is 3. The number of hydrogen-bond donors (Lipinski definition) is 0. The van der Waals surface area contributed by atoms with E-state index in [2.05, 4.69) is 13.8 Å². The third kappa shape index (κ3) is 22.0. The van der Waals surface area contributed by atoms with Crippen molar-refractivity contribution in [2.45, 2.75) is 168 Å². The molecule has 8 nitrogen and oxygen atoms in total. The summed E-state index contributed by atoms with van der Waals surface area (Å²) in [4.78, 5) is 50.3. The van der Waals surface area contributed by atoms with Crippen LogP contribution >= 0.6 is 0 Å². The number of unbranched alkanes of at least 4 members (excludes halogenated alkanes) is 22. The standard InChI is InChI=1S/C48H72O8/c1-4-6-8-10-12-14-16-18-20-22-24-26-36-54-47(51)43(48(52)55-37-27-25-23-21-19-17-15-13-11-9-7-5-2)34-30-40-28-32-42(33-29-40)46(50)56-44-35-31-41(39-49)38-45(44)53-3/h28-35,38-39,43H,4-27,36-37H2,1-3H3/b34-30+. The molecule has 0 saturated heterocycles. The Morgan fingerprint density at radius 3 is 1.36 bits per heavy atom. The van der Waals surface area contributed by atoms with Crippen LogP contribution in [0, 0.1) is 5.92 Å². The molecule has 0 fully saturated rings. The van der Waals surface area contributed by atoms with Crippen LogP contribution in [0.2, 0.25) is 0 Å². The number of benzene rings is 2. The molecule has 0 saturated carbocycles. The molecular weight excluding hydrogens is 705 g/mol. The Balaban J connectivity index is 1.86. The van der Waals surface area contributed by atoms with Crippen molar-refractivity contribution >= 4 is 30.3 Å². The van der Waals surface area contributed by atoms with Crippen LogP contribution in [-0.2, 0) is 19.1 Å². The normalized spacial score (nSPS) is 11.2. The number of hydrogen-bond acceptors (Lipinski definition) is 8. The zero-order valence-corrected chi connectivity index (χ0v) is 35.0. The van der Waals surface area contributed by atoms with Crippen LogP contribution in [0.25, 0.3) is 6.08 Å². The second-order valence-corrected chi connectivity index (χ2v) is 15.0. The average Bonchev–Trinajstić information content (AvgIpc) is 3.21. The summed E-state index contributed by atoms with van der Waals surface area (Å²) in [6.45, 7) is 5.03. The van der Waals surface area contributed by atoms with Gasteiger partial charge < -0.3 is 18.9 Å². The number of methoxy groups -OCH3 is 1. The van der Waals surface area contributed by atoms with Crippen LogP contribution in [0.3, 0.4) is 0 Å². The number of aldehydes is 1. The summed E-state index contributed by atoms with van der Waals surface area (Å²) in [5.41, 5.74) is 1.38. The van der Waals surface area contributed by atoms with Crippen molar-refractivity contribution in [3.05, 3.63) is 65.2 Å². The van der Waals surface area contributed by atoms with Crippen molar-refractivity contribution in [2.75, 3.05) is 20.3 Å². The fourth-order valence-corrected chi connectivity index (χ4v) is 6.60. The number of carbonyl (C=O) groups is 4. The summed E-state index contributed by atoms with van der Waals surface area (Å²) in [6.07, 6.45) is 33.0. The van der Waals surface area contributed by atoms with Gasteiger partial charge in [-0.3, -0.25) is 14.4 Å². The third-order valence-electron chi connectivity index (χ3n) is 10.1. The summed E-state index contributed by atoms with van der Waals surface area (Å²) >= 11 is 0. The summed E-state index contributed by atoms with van der Waals surface area (Å²) in [7, 11) is 1.43. The monoisotopic (exact) mass is 777 g/mol. The molecule has 0 aromatic heterocycles. The summed E-state index contributed by atoms with van der Waals surface area (Å²) < 4.78 is 21.9. The summed E-state index contributed by atoms with van der Waals surface area (Å²) in [5, 5.41) is 0. The first kappa shape index (κ1) is 48.2. The smallest absolute Gasteiger partial charge is 0.343 e. The molecule has 56 heavy (non-hydrogen) atoms. The Hall–Kier alpha value is -3.94. The van der Waals surface area contributed by atoms with Crippen molar-refractivity contribution in [1.82, 2.24) is 0 Å². The van der Waals surface area contributed by atoms with Gasteiger partial charge in [0.25, 0.3) is 0 Å². The maximum atomic E-state index is 13.2. The molecule has 0 aliphatic rings. The molecule has 0 spiro atoms. The van der Waals surface area contributed by atoms with Gasteiger partial charge in [0.15, 0.2) is 17.4 Å². The Kier molecular flexibility index (Phi) is 27.7. The molecule has 0 amide bonds.